The SMILES string of the molecule is CCOc1cccn2cc(CCNC(=O)C(C)C)nc12. The summed E-state index contributed by atoms with van der Waals surface area (Å²) >= 11 is 0. The third kappa shape index (κ3) is 3.29. The first-order valence-electron chi connectivity index (χ1n) is 6.99. The summed E-state index contributed by atoms with van der Waals surface area (Å²) in [5, 5.41) is 2.90. The highest BCUT2D eigenvalue weighted by molar-refractivity contribution is 5.77. The van der Waals surface area contributed by atoms with Crippen LogP contribution < -0.4 is 10.1 Å². The van der Waals surface area contributed by atoms with Gasteiger partial charge < -0.3 is 14.5 Å². The number of aromatic nitrogens is 2. The first-order valence-corrected chi connectivity index (χ1v) is 6.99. The molecule has 0 atom stereocenters. The van der Waals surface area contributed by atoms with Gasteiger partial charge >= 0.3 is 0 Å². The first-order chi connectivity index (χ1) is 9.61. The van der Waals surface area contributed by atoms with Crippen molar-refractivity contribution >= 4 is 11.6 Å². The van der Waals surface area contributed by atoms with E-state index in [-0.39, 0.29) is 11.8 Å². The van der Waals surface area contributed by atoms with E-state index in [9.17, 15) is 4.79 Å². The van der Waals surface area contributed by atoms with Crippen LogP contribution in [0.5, 0.6) is 5.75 Å². The molecule has 108 valence electrons. The summed E-state index contributed by atoms with van der Waals surface area (Å²) in [6.07, 6.45) is 4.63. The highest BCUT2D eigenvalue weighted by atomic mass is 16.5. The minimum absolute atomic E-state index is 0.0145. The standard InChI is InChI=1S/C15H21N3O2/c1-4-20-13-6-5-9-18-10-12(17-14(13)18)7-8-16-15(19)11(2)3/h5-6,9-11H,4,7-8H2,1-3H3,(H,16,19). The lowest BCUT2D eigenvalue weighted by molar-refractivity contribution is -0.123. The van der Waals surface area contributed by atoms with Crippen molar-refractivity contribution in [2.75, 3.05) is 13.2 Å². The topological polar surface area (TPSA) is 55.6 Å². The maximum Gasteiger partial charge on any atom is 0.222 e. The monoisotopic (exact) mass is 275 g/mol. The van der Waals surface area contributed by atoms with Crippen LogP contribution in [0.25, 0.3) is 5.65 Å². The third-order valence-corrected chi connectivity index (χ3v) is 3.00. The Balaban J connectivity index is 2.04. The van der Waals surface area contributed by atoms with E-state index in [4.69, 9.17) is 4.74 Å². The third-order valence-electron chi connectivity index (χ3n) is 3.00. The summed E-state index contributed by atoms with van der Waals surface area (Å²) in [6, 6.07) is 3.85. The molecule has 0 aromatic carbocycles. The Kier molecular flexibility index (Phi) is 4.61. The van der Waals surface area contributed by atoms with E-state index in [0.29, 0.717) is 19.6 Å². The molecule has 20 heavy (non-hydrogen) atoms. The zero-order valence-corrected chi connectivity index (χ0v) is 12.2. The summed E-state index contributed by atoms with van der Waals surface area (Å²) < 4.78 is 7.50. The molecule has 2 rings (SSSR count). The number of fused-ring (bicyclic) bond motifs is 1. The number of nitrogens with one attached hydrogen (secondary N) is 1. The van der Waals surface area contributed by atoms with Gasteiger partial charge in [-0.15, -0.1) is 0 Å². The molecule has 2 aromatic heterocycles. The largest absolute Gasteiger partial charge is 0.490 e. The van der Waals surface area contributed by atoms with Gasteiger partial charge in [0, 0.05) is 31.3 Å². The molecule has 0 aliphatic rings. The Bertz CT molecular complexity index is 590. The fraction of sp³-hybridized carbons (Fsp3) is 0.467. The van der Waals surface area contributed by atoms with Crippen molar-refractivity contribution < 1.29 is 9.53 Å². The van der Waals surface area contributed by atoms with E-state index in [2.05, 4.69) is 10.3 Å². The van der Waals surface area contributed by atoms with Crippen molar-refractivity contribution in [1.82, 2.24) is 14.7 Å². The van der Waals surface area contributed by atoms with Crippen molar-refractivity contribution in [3.63, 3.8) is 0 Å². The highest BCUT2D eigenvalue weighted by Crippen LogP contribution is 2.18. The number of carbonyl (C=O) groups excluding carboxylic acids is 1. The van der Waals surface area contributed by atoms with E-state index in [1.165, 1.54) is 0 Å². The molecule has 0 aliphatic carbocycles. The molecule has 0 radical (unpaired) electrons. The predicted molar refractivity (Wildman–Crippen MR) is 77.9 cm³/mol. The van der Waals surface area contributed by atoms with Crippen molar-refractivity contribution in [2.24, 2.45) is 5.92 Å². The number of hydrogen-bond acceptors (Lipinski definition) is 3. The minimum Gasteiger partial charge on any atom is -0.490 e. The number of carbonyl (C=O) groups is 1. The Morgan fingerprint density at radius 1 is 1.50 bits per heavy atom. The molecular formula is C15H21N3O2. The molecule has 1 N–H and O–H groups in total. The zero-order chi connectivity index (χ0) is 14.5. The molecule has 1 amide bonds. The molecule has 2 aromatic rings. The van der Waals surface area contributed by atoms with Gasteiger partial charge in [-0.1, -0.05) is 13.8 Å². The molecule has 0 bridgehead atoms. The van der Waals surface area contributed by atoms with Crippen LogP contribution in [0.1, 0.15) is 26.5 Å². The van der Waals surface area contributed by atoms with Crippen LogP contribution >= 0.6 is 0 Å². The first kappa shape index (κ1) is 14.4. The lowest BCUT2D eigenvalue weighted by Crippen LogP contribution is -2.29. The van der Waals surface area contributed by atoms with Gasteiger partial charge in [0.15, 0.2) is 11.4 Å². The highest BCUT2D eigenvalue weighted by Gasteiger charge is 2.09. The fourth-order valence-corrected chi connectivity index (χ4v) is 1.94. The molecule has 2 heterocycles. The smallest absolute Gasteiger partial charge is 0.222 e. The molecular weight excluding hydrogens is 254 g/mol. The van der Waals surface area contributed by atoms with Gasteiger partial charge in [-0.05, 0) is 19.1 Å². The lowest BCUT2D eigenvalue weighted by atomic mass is 10.2. The average Bonchev–Trinajstić information content (AvgIpc) is 2.82. The summed E-state index contributed by atoms with van der Waals surface area (Å²) in [4.78, 5) is 16.0. The summed E-state index contributed by atoms with van der Waals surface area (Å²) in [5.74, 6) is 0.872. The van der Waals surface area contributed by atoms with Crippen molar-refractivity contribution in [3.8, 4) is 5.75 Å². The molecule has 0 spiro atoms. The maximum atomic E-state index is 11.5. The Morgan fingerprint density at radius 3 is 3.00 bits per heavy atom. The molecule has 5 heteroatoms. The van der Waals surface area contributed by atoms with Crippen LogP contribution in [0.15, 0.2) is 24.5 Å². The Labute approximate surface area is 119 Å². The Morgan fingerprint density at radius 2 is 2.30 bits per heavy atom. The van der Waals surface area contributed by atoms with E-state index >= 15 is 0 Å². The second-order valence-electron chi connectivity index (χ2n) is 4.96. The summed E-state index contributed by atoms with van der Waals surface area (Å²) in [7, 11) is 0. The molecule has 0 fully saturated rings. The van der Waals surface area contributed by atoms with Gasteiger partial charge in [0.05, 0.1) is 12.3 Å². The van der Waals surface area contributed by atoms with Crippen LogP contribution in [-0.2, 0) is 11.2 Å². The zero-order valence-electron chi connectivity index (χ0n) is 12.2. The number of amides is 1. The van der Waals surface area contributed by atoms with Gasteiger partial charge in [-0.3, -0.25) is 4.79 Å². The normalized spacial score (nSPS) is 11.0. The van der Waals surface area contributed by atoms with Gasteiger partial charge in [0.2, 0.25) is 5.91 Å². The fourth-order valence-electron chi connectivity index (χ4n) is 1.94. The van der Waals surface area contributed by atoms with Gasteiger partial charge in [-0.25, -0.2) is 4.98 Å². The van der Waals surface area contributed by atoms with Crippen LogP contribution in [0.4, 0.5) is 0 Å². The van der Waals surface area contributed by atoms with E-state index < -0.39 is 0 Å². The lowest BCUT2D eigenvalue weighted by Gasteiger charge is -2.05. The Hall–Kier alpha value is -2.04. The van der Waals surface area contributed by atoms with Crippen LogP contribution in [-0.4, -0.2) is 28.4 Å². The molecule has 0 unspecified atom stereocenters. The van der Waals surface area contributed by atoms with Crippen LogP contribution in [0.3, 0.4) is 0 Å². The van der Waals surface area contributed by atoms with Crippen molar-refractivity contribution in [1.29, 1.82) is 0 Å². The molecule has 0 saturated heterocycles. The van der Waals surface area contributed by atoms with Gasteiger partial charge in [0.1, 0.15) is 0 Å². The van der Waals surface area contributed by atoms with Crippen LogP contribution in [0, 0.1) is 5.92 Å². The molecule has 0 aliphatic heterocycles. The summed E-state index contributed by atoms with van der Waals surface area (Å²) in [5.41, 5.74) is 1.76. The predicted octanol–water partition coefficient (Wildman–Crippen LogP) is 2.05. The van der Waals surface area contributed by atoms with E-state index in [0.717, 1.165) is 17.1 Å². The van der Waals surface area contributed by atoms with Gasteiger partial charge in [-0.2, -0.15) is 0 Å². The minimum atomic E-state index is 0.0145. The van der Waals surface area contributed by atoms with Crippen molar-refractivity contribution in [2.45, 2.75) is 27.2 Å². The number of ether oxygens (including phenoxy) is 1. The second kappa shape index (κ2) is 6.41. The average molecular weight is 275 g/mol. The number of imidazole rings is 1. The number of nitrogens with zero attached hydrogens (tertiary/aromatic N) is 2. The number of hydrogen-bond donors (Lipinski definition) is 1. The van der Waals surface area contributed by atoms with Gasteiger partial charge in [0.25, 0.3) is 0 Å². The second-order valence-corrected chi connectivity index (χ2v) is 4.96. The molecule has 5 nitrogen and oxygen atoms in total. The quantitative estimate of drug-likeness (QED) is 0.878. The van der Waals surface area contributed by atoms with Crippen molar-refractivity contribution in [3.05, 3.63) is 30.2 Å². The summed E-state index contributed by atoms with van der Waals surface area (Å²) in [6.45, 7) is 6.94. The number of pyridine rings is 1. The molecule has 0 saturated carbocycles. The van der Waals surface area contributed by atoms with E-state index in [1.54, 1.807) is 0 Å². The van der Waals surface area contributed by atoms with E-state index in [1.807, 2.05) is 49.7 Å². The number of rotatable bonds is 6. The van der Waals surface area contributed by atoms with Crippen LogP contribution in [0.2, 0.25) is 0 Å². The maximum absolute atomic E-state index is 11.5.